The molecule has 1 fully saturated rings. The number of piperidine rings is 1. The molecule has 114 valence electrons. The van der Waals surface area contributed by atoms with Crippen molar-refractivity contribution in [3.05, 3.63) is 29.6 Å². The van der Waals surface area contributed by atoms with Crippen LogP contribution in [0.25, 0.3) is 0 Å². The fraction of sp³-hybridized carbons (Fsp3) is 0.500. The van der Waals surface area contributed by atoms with Gasteiger partial charge in [-0.25, -0.2) is 4.39 Å². The van der Waals surface area contributed by atoms with Crippen LogP contribution in [-0.4, -0.2) is 36.3 Å². The largest absolute Gasteiger partial charge is 0.494 e. The molecule has 0 spiro atoms. The van der Waals surface area contributed by atoms with Crippen molar-refractivity contribution in [1.29, 1.82) is 0 Å². The molecule has 1 aromatic carbocycles. The number of Topliss-reactive ketones (excluding diaryl/α,β-unsaturated/α-hetero) is 1. The first-order valence-electron chi connectivity index (χ1n) is 7.17. The van der Waals surface area contributed by atoms with Crippen LogP contribution in [0.1, 0.15) is 43.0 Å². The van der Waals surface area contributed by atoms with Crippen LogP contribution in [0.4, 0.5) is 4.39 Å². The van der Waals surface area contributed by atoms with Gasteiger partial charge in [-0.3, -0.25) is 9.59 Å². The minimum absolute atomic E-state index is 0.0700. The Morgan fingerprint density at radius 2 is 2.14 bits per heavy atom. The van der Waals surface area contributed by atoms with E-state index in [4.69, 9.17) is 4.74 Å². The van der Waals surface area contributed by atoms with Gasteiger partial charge < -0.3 is 9.64 Å². The predicted molar refractivity (Wildman–Crippen MR) is 76.9 cm³/mol. The molecule has 2 rings (SSSR count). The number of benzene rings is 1. The van der Waals surface area contributed by atoms with E-state index in [1.807, 2.05) is 0 Å². The van der Waals surface area contributed by atoms with Crippen molar-refractivity contribution in [2.75, 3.05) is 13.7 Å². The van der Waals surface area contributed by atoms with Crippen molar-refractivity contribution in [3.8, 4) is 5.75 Å². The maximum atomic E-state index is 13.7. The monoisotopic (exact) mass is 293 g/mol. The van der Waals surface area contributed by atoms with E-state index in [0.717, 1.165) is 19.3 Å². The number of hydrogen-bond donors (Lipinski definition) is 0. The van der Waals surface area contributed by atoms with Crippen LogP contribution in [-0.2, 0) is 4.79 Å². The summed E-state index contributed by atoms with van der Waals surface area (Å²) in [5.74, 6) is -0.586. The van der Waals surface area contributed by atoms with Gasteiger partial charge in [-0.2, -0.15) is 0 Å². The fourth-order valence-electron chi connectivity index (χ4n) is 2.78. The topological polar surface area (TPSA) is 46.6 Å². The number of carbonyl (C=O) groups is 2. The molecule has 1 unspecified atom stereocenters. The van der Waals surface area contributed by atoms with Crippen LogP contribution in [0, 0.1) is 5.82 Å². The molecule has 0 bridgehead atoms. The summed E-state index contributed by atoms with van der Waals surface area (Å²) in [6, 6.07) is 4.13. The van der Waals surface area contributed by atoms with Gasteiger partial charge in [0.1, 0.15) is 5.78 Å². The average molecular weight is 293 g/mol. The number of rotatable bonds is 4. The zero-order chi connectivity index (χ0) is 15.4. The zero-order valence-electron chi connectivity index (χ0n) is 12.4. The van der Waals surface area contributed by atoms with E-state index in [-0.39, 0.29) is 23.5 Å². The van der Waals surface area contributed by atoms with Gasteiger partial charge in [0.2, 0.25) is 0 Å². The summed E-state index contributed by atoms with van der Waals surface area (Å²) in [5, 5.41) is 0. The molecule has 1 saturated heterocycles. The highest BCUT2D eigenvalue weighted by atomic mass is 19.1. The first-order chi connectivity index (χ1) is 10.0. The summed E-state index contributed by atoms with van der Waals surface area (Å²) in [5.41, 5.74) is 0.295. The lowest BCUT2D eigenvalue weighted by Gasteiger charge is -2.35. The van der Waals surface area contributed by atoms with Crippen LogP contribution in [0.3, 0.4) is 0 Å². The molecule has 0 N–H and O–H groups in total. The van der Waals surface area contributed by atoms with E-state index in [0.29, 0.717) is 18.5 Å². The molecule has 0 aliphatic carbocycles. The second-order valence-electron chi connectivity index (χ2n) is 5.40. The Morgan fingerprint density at radius 1 is 1.38 bits per heavy atom. The minimum atomic E-state index is -0.552. The number of carbonyl (C=O) groups excluding carboxylic acids is 2. The Morgan fingerprint density at radius 3 is 2.76 bits per heavy atom. The maximum absolute atomic E-state index is 13.7. The van der Waals surface area contributed by atoms with Crippen LogP contribution >= 0.6 is 0 Å². The van der Waals surface area contributed by atoms with Crippen molar-refractivity contribution < 1.29 is 18.7 Å². The van der Waals surface area contributed by atoms with E-state index in [1.165, 1.54) is 26.2 Å². The third kappa shape index (κ3) is 3.60. The molecule has 1 heterocycles. The lowest BCUT2D eigenvalue weighted by Crippen LogP contribution is -2.44. The number of halogens is 1. The number of nitrogens with zero attached hydrogens (tertiary/aromatic N) is 1. The SMILES string of the molecule is COc1ccc(C(=O)N2CCCCC2CC(C)=O)cc1F. The Hall–Kier alpha value is -1.91. The van der Waals surface area contributed by atoms with Gasteiger partial charge in [0.25, 0.3) is 5.91 Å². The highest BCUT2D eigenvalue weighted by Gasteiger charge is 2.28. The van der Waals surface area contributed by atoms with Gasteiger partial charge in [-0.1, -0.05) is 0 Å². The molecule has 0 saturated carbocycles. The maximum Gasteiger partial charge on any atom is 0.254 e. The minimum Gasteiger partial charge on any atom is -0.494 e. The molecule has 1 aromatic rings. The average Bonchev–Trinajstić information content (AvgIpc) is 2.46. The molecule has 21 heavy (non-hydrogen) atoms. The van der Waals surface area contributed by atoms with Gasteiger partial charge in [0.05, 0.1) is 7.11 Å². The first-order valence-corrected chi connectivity index (χ1v) is 7.17. The fourth-order valence-corrected chi connectivity index (χ4v) is 2.78. The Labute approximate surface area is 123 Å². The number of ketones is 1. The van der Waals surface area contributed by atoms with Gasteiger partial charge in [-0.15, -0.1) is 0 Å². The Bertz CT molecular complexity index is 544. The van der Waals surface area contributed by atoms with E-state index >= 15 is 0 Å². The second-order valence-corrected chi connectivity index (χ2v) is 5.40. The molecule has 0 aromatic heterocycles. The lowest BCUT2D eigenvalue weighted by molar-refractivity contribution is -0.118. The van der Waals surface area contributed by atoms with Gasteiger partial charge >= 0.3 is 0 Å². The van der Waals surface area contributed by atoms with Crippen molar-refractivity contribution in [2.45, 2.75) is 38.6 Å². The first kappa shape index (κ1) is 15.5. The van der Waals surface area contributed by atoms with Crippen LogP contribution in [0.5, 0.6) is 5.75 Å². The molecule has 1 amide bonds. The third-order valence-corrected chi connectivity index (χ3v) is 3.81. The number of ether oxygens (including phenoxy) is 1. The summed E-state index contributed by atoms with van der Waals surface area (Å²) < 4.78 is 18.6. The quantitative estimate of drug-likeness (QED) is 0.857. The molecule has 1 aliphatic rings. The Kier molecular flexibility index (Phi) is 4.94. The van der Waals surface area contributed by atoms with Crippen molar-refractivity contribution in [1.82, 2.24) is 4.90 Å². The smallest absolute Gasteiger partial charge is 0.254 e. The Balaban J connectivity index is 2.20. The molecular formula is C16H20FNO3. The highest BCUT2D eigenvalue weighted by Crippen LogP contribution is 2.24. The summed E-state index contributed by atoms with van der Waals surface area (Å²) in [6.45, 7) is 2.15. The van der Waals surface area contributed by atoms with Crippen LogP contribution < -0.4 is 4.74 Å². The van der Waals surface area contributed by atoms with Crippen molar-refractivity contribution in [2.24, 2.45) is 0 Å². The number of likely N-dealkylation sites (tertiary alicyclic amines) is 1. The molecule has 4 nitrogen and oxygen atoms in total. The van der Waals surface area contributed by atoms with Gasteiger partial charge in [-0.05, 0) is 44.4 Å². The van der Waals surface area contributed by atoms with E-state index in [2.05, 4.69) is 0 Å². The number of amides is 1. The van der Waals surface area contributed by atoms with Gasteiger partial charge in [0, 0.05) is 24.6 Å². The van der Waals surface area contributed by atoms with E-state index < -0.39 is 5.82 Å². The molecule has 1 atom stereocenters. The van der Waals surface area contributed by atoms with E-state index in [9.17, 15) is 14.0 Å². The normalized spacial score (nSPS) is 18.4. The third-order valence-electron chi connectivity index (χ3n) is 3.81. The molecule has 1 aliphatic heterocycles. The van der Waals surface area contributed by atoms with Crippen molar-refractivity contribution in [3.63, 3.8) is 0 Å². The van der Waals surface area contributed by atoms with Gasteiger partial charge in [0.15, 0.2) is 11.6 Å². The molecule has 5 heteroatoms. The van der Waals surface area contributed by atoms with E-state index in [1.54, 1.807) is 11.0 Å². The number of methoxy groups -OCH3 is 1. The highest BCUT2D eigenvalue weighted by molar-refractivity contribution is 5.95. The standard InChI is InChI=1S/C16H20FNO3/c1-11(19)9-13-5-3-4-8-18(13)16(20)12-6-7-15(21-2)14(17)10-12/h6-7,10,13H,3-5,8-9H2,1-2H3. The summed E-state index contributed by atoms with van der Waals surface area (Å²) in [7, 11) is 1.38. The number of hydrogen-bond acceptors (Lipinski definition) is 3. The van der Waals surface area contributed by atoms with Crippen LogP contribution in [0.15, 0.2) is 18.2 Å². The molecular weight excluding hydrogens is 273 g/mol. The summed E-state index contributed by atoms with van der Waals surface area (Å²) in [4.78, 5) is 25.6. The summed E-state index contributed by atoms with van der Waals surface area (Å²) in [6.07, 6.45) is 3.12. The predicted octanol–water partition coefficient (Wildman–Crippen LogP) is 2.81. The lowest BCUT2D eigenvalue weighted by atomic mass is 9.96. The summed E-state index contributed by atoms with van der Waals surface area (Å²) >= 11 is 0. The molecule has 0 radical (unpaired) electrons. The van der Waals surface area contributed by atoms with Crippen LogP contribution in [0.2, 0.25) is 0 Å². The zero-order valence-corrected chi connectivity index (χ0v) is 12.4. The van der Waals surface area contributed by atoms with Crippen molar-refractivity contribution >= 4 is 11.7 Å². The second kappa shape index (κ2) is 6.70.